The standard InChI is InChI=1S/C25H26N10/c1-2-19-13-32(14-20(19)3-1)11-18-4-5-25-29-22(15-33(25)12-18)16-34-17-24(30-31-34)21-8-23(10-26-9-21)35-27-6-7-28-35/h4-10,12,15,17,19-20H,1-3,11,13-14,16H2. The molecule has 6 heterocycles. The van der Waals surface area contributed by atoms with Gasteiger partial charge in [0.25, 0.3) is 0 Å². The molecule has 176 valence electrons. The average Bonchev–Trinajstić information content (AvgIpc) is 3.68. The molecule has 1 aliphatic carbocycles. The van der Waals surface area contributed by atoms with Crippen molar-refractivity contribution in [3.8, 4) is 16.9 Å². The van der Waals surface area contributed by atoms with E-state index in [-0.39, 0.29) is 0 Å². The van der Waals surface area contributed by atoms with Crippen LogP contribution in [0, 0.1) is 11.8 Å². The van der Waals surface area contributed by atoms with E-state index in [4.69, 9.17) is 4.98 Å². The Morgan fingerprint density at radius 2 is 1.77 bits per heavy atom. The SMILES string of the molecule is c1cnn(-c2cncc(-c3cn(Cc4cn5cc(CN6CC7CCCC7C6)ccc5n4)nn3)c2)n1. The smallest absolute Gasteiger partial charge is 0.137 e. The molecular formula is C25H26N10. The van der Waals surface area contributed by atoms with E-state index in [0.29, 0.717) is 6.54 Å². The largest absolute Gasteiger partial charge is 0.306 e. The number of fused-ring (bicyclic) bond motifs is 2. The predicted octanol–water partition coefficient (Wildman–Crippen LogP) is 2.85. The van der Waals surface area contributed by atoms with Gasteiger partial charge in [-0.15, -0.1) is 5.10 Å². The highest BCUT2D eigenvalue weighted by atomic mass is 15.5. The van der Waals surface area contributed by atoms with Crippen LogP contribution in [0.15, 0.2) is 61.6 Å². The summed E-state index contributed by atoms with van der Waals surface area (Å²) in [6.07, 6.45) is 17.2. The monoisotopic (exact) mass is 466 g/mol. The van der Waals surface area contributed by atoms with Gasteiger partial charge >= 0.3 is 0 Å². The second-order valence-electron chi connectivity index (χ2n) is 9.73. The van der Waals surface area contributed by atoms with Crippen molar-refractivity contribution in [2.45, 2.75) is 32.4 Å². The van der Waals surface area contributed by atoms with Gasteiger partial charge in [0.15, 0.2) is 0 Å². The summed E-state index contributed by atoms with van der Waals surface area (Å²) in [5.41, 5.74) is 5.61. The van der Waals surface area contributed by atoms with Gasteiger partial charge in [0.05, 0.1) is 37.0 Å². The number of pyridine rings is 2. The first kappa shape index (κ1) is 20.5. The van der Waals surface area contributed by atoms with E-state index in [2.05, 4.69) is 59.3 Å². The Morgan fingerprint density at radius 1 is 0.914 bits per heavy atom. The molecule has 0 spiro atoms. The minimum Gasteiger partial charge on any atom is -0.306 e. The summed E-state index contributed by atoms with van der Waals surface area (Å²) in [6, 6.07) is 6.27. The van der Waals surface area contributed by atoms with Gasteiger partial charge in [-0.05, 0) is 42.4 Å². The predicted molar refractivity (Wildman–Crippen MR) is 129 cm³/mol. The number of hydrogen-bond acceptors (Lipinski definition) is 7. The molecule has 0 radical (unpaired) electrons. The number of hydrogen-bond donors (Lipinski definition) is 0. The maximum absolute atomic E-state index is 4.79. The minimum atomic E-state index is 0.549. The van der Waals surface area contributed by atoms with Crippen molar-refractivity contribution in [3.63, 3.8) is 0 Å². The number of nitrogens with zero attached hydrogens (tertiary/aromatic N) is 10. The molecule has 1 saturated heterocycles. The molecule has 2 atom stereocenters. The Kier molecular flexibility index (Phi) is 4.90. The minimum absolute atomic E-state index is 0.549. The van der Waals surface area contributed by atoms with Crippen LogP contribution in [0.4, 0.5) is 0 Å². The first-order valence-electron chi connectivity index (χ1n) is 12.2. The number of likely N-dealkylation sites (tertiary alicyclic amines) is 1. The van der Waals surface area contributed by atoms with E-state index in [1.807, 2.05) is 12.3 Å². The fourth-order valence-electron chi connectivity index (χ4n) is 5.68. The molecule has 1 saturated carbocycles. The molecule has 10 nitrogen and oxygen atoms in total. The topological polar surface area (TPSA) is 94.8 Å². The van der Waals surface area contributed by atoms with Crippen molar-refractivity contribution in [1.82, 2.24) is 49.3 Å². The quantitative estimate of drug-likeness (QED) is 0.380. The van der Waals surface area contributed by atoms with Crippen LogP contribution in [-0.2, 0) is 13.1 Å². The van der Waals surface area contributed by atoms with Crippen LogP contribution in [-0.4, -0.2) is 62.3 Å². The molecule has 0 bridgehead atoms. The van der Waals surface area contributed by atoms with E-state index in [1.54, 1.807) is 29.5 Å². The lowest BCUT2D eigenvalue weighted by Crippen LogP contribution is -2.21. The third kappa shape index (κ3) is 3.99. The molecule has 2 unspecified atom stereocenters. The van der Waals surface area contributed by atoms with E-state index in [9.17, 15) is 0 Å². The van der Waals surface area contributed by atoms with Gasteiger partial charge < -0.3 is 4.40 Å². The fourth-order valence-corrected chi connectivity index (χ4v) is 5.68. The second-order valence-corrected chi connectivity index (χ2v) is 9.73. The summed E-state index contributed by atoms with van der Waals surface area (Å²) in [7, 11) is 0. The first-order valence-corrected chi connectivity index (χ1v) is 12.2. The third-order valence-corrected chi connectivity index (χ3v) is 7.30. The molecule has 2 aliphatic rings. The first-order chi connectivity index (χ1) is 17.3. The van der Waals surface area contributed by atoms with Gasteiger partial charge in [-0.25, -0.2) is 9.67 Å². The Morgan fingerprint density at radius 3 is 2.63 bits per heavy atom. The molecule has 2 fully saturated rings. The molecule has 5 aromatic rings. The summed E-state index contributed by atoms with van der Waals surface area (Å²) >= 11 is 0. The van der Waals surface area contributed by atoms with E-state index in [1.165, 1.54) is 42.7 Å². The molecule has 35 heavy (non-hydrogen) atoms. The molecule has 1 aliphatic heterocycles. The highest BCUT2D eigenvalue weighted by molar-refractivity contribution is 5.59. The zero-order chi connectivity index (χ0) is 23.2. The van der Waals surface area contributed by atoms with Gasteiger partial charge in [0.1, 0.15) is 17.0 Å². The average molecular weight is 467 g/mol. The molecule has 7 rings (SSSR count). The Balaban J connectivity index is 1.06. The Hall–Kier alpha value is -3.92. The zero-order valence-electron chi connectivity index (χ0n) is 19.4. The van der Waals surface area contributed by atoms with Gasteiger partial charge in [-0.3, -0.25) is 9.88 Å². The summed E-state index contributed by atoms with van der Waals surface area (Å²) in [5.74, 6) is 1.85. The van der Waals surface area contributed by atoms with Crippen molar-refractivity contribution in [2.24, 2.45) is 11.8 Å². The molecule has 10 heteroatoms. The van der Waals surface area contributed by atoms with Crippen LogP contribution in [0.5, 0.6) is 0 Å². The molecule has 5 aromatic heterocycles. The van der Waals surface area contributed by atoms with Crippen molar-refractivity contribution >= 4 is 5.65 Å². The van der Waals surface area contributed by atoms with Gasteiger partial charge in [0, 0.05) is 43.8 Å². The molecular weight excluding hydrogens is 440 g/mol. The van der Waals surface area contributed by atoms with Crippen LogP contribution in [0.2, 0.25) is 0 Å². The molecule has 0 amide bonds. The summed E-state index contributed by atoms with van der Waals surface area (Å²) < 4.78 is 3.93. The lowest BCUT2D eigenvalue weighted by atomic mass is 10.0. The van der Waals surface area contributed by atoms with Gasteiger partial charge in [-0.2, -0.15) is 15.0 Å². The summed E-state index contributed by atoms with van der Waals surface area (Å²) in [4.78, 5) is 13.2. The van der Waals surface area contributed by atoms with E-state index >= 15 is 0 Å². The number of aromatic nitrogens is 9. The van der Waals surface area contributed by atoms with Crippen LogP contribution >= 0.6 is 0 Å². The number of imidazole rings is 1. The Bertz CT molecular complexity index is 1450. The Labute approximate surface area is 202 Å². The maximum atomic E-state index is 4.79. The normalized spacial score (nSPS) is 20.1. The van der Waals surface area contributed by atoms with Crippen LogP contribution in [0.25, 0.3) is 22.6 Å². The zero-order valence-corrected chi connectivity index (χ0v) is 19.4. The second kappa shape index (κ2) is 8.38. The van der Waals surface area contributed by atoms with Crippen LogP contribution in [0.3, 0.4) is 0 Å². The van der Waals surface area contributed by atoms with Crippen LogP contribution in [0.1, 0.15) is 30.5 Å². The summed E-state index contributed by atoms with van der Waals surface area (Å²) in [6.45, 7) is 4.07. The maximum Gasteiger partial charge on any atom is 0.137 e. The van der Waals surface area contributed by atoms with Gasteiger partial charge in [0.2, 0.25) is 0 Å². The third-order valence-electron chi connectivity index (χ3n) is 7.30. The number of rotatable bonds is 6. The molecule has 0 aromatic carbocycles. The fraction of sp³-hybridized carbons (Fsp3) is 0.360. The van der Waals surface area contributed by atoms with Crippen molar-refractivity contribution in [1.29, 1.82) is 0 Å². The van der Waals surface area contributed by atoms with E-state index < -0.39 is 0 Å². The van der Waals surface area contributed by atoms with E-state index in [0.717, 1.165) is 46.7 Å². The summed E-state index contributed by atoms with van der Waals surface area (Å²) in [5, 5.41) is 17.0. The van der Waals surface area contributed by atoms with Crippen molar-refractivity contribution in [2.75, 3.05) is 13.1 Å². The van der Waals surface area contributed by atoms with Crippen molar-refractivity contribution in [3.05, 3.63) is 72.8 Å². The van der Waals surface area contributed by atoms with Crippen LogP contribution < -0.4 is 0 Å². The lowest BCUT2D eigenvalue weighted by Gasteiger charge is -2.16. The highest BCUT2D eigenvalue weighted by Gasteiger charge is 2.35. The van der Waals surface area contributed by atoms with Gasteiger partial charge in [-0.1, -0.05) is 17.7 Å². The lowest BCUT2D eigenvalue weighted by molar-refractivity contribution is 0.303. The van der Waals surface area contributed by atoms with Crippen molar-refractivity contribution < 1.29 is 0 Å². The highest BCUT2D eigenvalue weighted by Crippen LogP contribution is 2.38. The molecule has 0 N–H and O–H groups in total.